The zero-order valence-corrected chi connectivity index (χ0v) is 11.1. The van der Waals surface area contributed by atoms with E-state index in [9.17, 15) is 5.11 Å². The van der Waals surface area contributed by atoms with Crippen molar-refractivity contribution >= 4 is 21.6 Å². The second kappa shape index (κ2) is 5.33. The van der Waals surface area contributed by atoms with Gasteiger partial charge in [-0.25, -0.2) is 4.98 Å². The van der Waals surface area contributed by atoms with Crippen molar-refractivity contribution in [3.8, 4) is 0 Å². The van der Waals surface area contributed by atoms with Crippen LogP contribution in [0.2, 0.25) is 0 Å². The van der Waals surface area contributed by atoms with E-state index in [0.717, 1.165) is 21.5 Å². The lowest BCUT2D eigenvalue weighted by atomic mass is 10.2. The number of anilines is 1. The Morgan fingerprint density at radius 2 is 2.29 bits per heavy atom. The van der Waals surface area contributed by atoms with E-state index in [2.05, 4.69) is 26.2 Å². The molecule has 1 aromatic heterocycles. The molecule has 90 valence electrons. The van der Waals surface area contributed by atoms with Crippen molar-refractivity contribution < 1.29 is 5.11 Å². The summed E-state index contributed by atoms with van der Waals surface area (Å²) in [5, 5.41) is 12.5. The lowest BCUT2D eigenvalue weighted by Crippen LogP contribution is -2.07. The quantitative estimate of drug-likeness (QED) is 0.910. The summed E-state index contributed by atoms with van der Waals surface area (Å²) >= 11 is 3.42. The van der Waals surface area contributed by atoms with Crippen molar-refractivity contribution in [3.63, 3.8) is 0 Å². The molecule has 5 heteroatoms. The summed E-state index contributed by atoms with van der Waals surface area (Å²) in [7, 11) is 1.96. The van der Waals surface area contributed by atoms with Crippen molar-refractivity contribution in [2.75, 3.05) is 5.32 Å². The van der Waals surface area contributed by atoms with Gasteiger partial charge in [0.25, 0.3) is 0 Å². The summed E-state index contributed by atoms with van der Waals surface area (Å²) < 4.78 is 2.95. The molecule has 0 fully saturated rings. The molecule has 1 aromatic carbocycles. The third kappa shape index (κ3) is 2.87. The number of rotatable bonds is 4. The van der Waals surface area contributed by atoms with E-state index in [1.54, 1.807) is 6.20 Å². The molecular formula is C12H14BrN3O. The number of nitrogens with zero attached hydrogens (tertiary/aromatic N) is 2. The van der Waals surface area contributed by atoms with E-state index in [4.69, 9.17) is 0 Å². The van der Waals surface area contributed by atoms with Crippen LogP contribution in [0.4, 0.5) is 5.69 Å². The van der Waals surface area contributed by atoms with Gasteiger partial charge in [0, 0.05) is 35.2 Å². The average Bonchev–Trinajstić information content (AvgIpc) is 2.72. The van der Waals surface area contributed by atoms with E-state index < -0.39 is 0 Å². The number of hydrogen-bond acceptors (Lipinski definition) is 3. The van der Waals surface area contributed by atoms with E-state index >= 15 is 0 Å². The topological polar surface area (TPSA) is 50.1 Å². The summed E-state index contributed by atoms with van der Waals surface area (Å²) in [5.74, 6) is 0.953. The molecular weight excluding hydrogens is 282 g/mol. The minimum atomic E-state index is 0.0240. The molecule has 17 heavy (non-hydrogen) atoms. The molecule has 0 radical (unpaired) electrons. The van der Waals surface area contributed by atoms with Crippen LogP contribution in [0.1, 0.15) is 11.4 Å². The number of aromatic nitrogens is 2. The van der Waals surface area contributed by atoms with Gasteiger partial charge in [0.05, 0.1) is 13.2 Å². The SMILES string of the molecule is Cn1ccnc1CNc1cc(Br)ccc1CO. The molecule has 0 amide bonds. The second-order valence-electron chi connectivity index (χ2n) is 3.77. The molecule has 0 aliphatic carbocycles. The third-order valence-corrected chi connectivity index (χ3v) is 3.09. The van der Waals surface area contributed by atoms with Crippen LogP contribution in [0, 0.1) is 0 Å². The van der Waals surface area contributed by atoms with Crippen LogP contribution >= 0.6 is 15.9 Å². The van der Waals surface area contributed by atoms with Crippen LogP contribution < -0.4 is 5.32 Å². The summed E-state index contributed by atoms with van der Waals surface area (Å²) in [6, 6.07) is 5.76. The number of halogens is 1. The van der Waals surface area contributed by atoms with Crippen LogP contribution in [0.5, 0.6) is 0 Å². The van der Waals surface area contributed by atoms with Gasteiger partial charge in [0.2, 0.25) is 0 Å². The number of aliphatic hydroxyl groups is 1. The van der Waals surface area contributed by atoms with Gasteiger partial charge >= 0.3 is 0 Å². The Kier molecular flexibility index (Phi) is 3.81. The van der Waals surface area contributed by atoms with Gasteiger partial charge in [-0.2, -0.15) is 0 Å². The lowest BCUT2D eigenvalue weighted by molar-refractivity contribution is 0.282. The van der Waals surface area contributed by atoms with E-state index in [1.807, 2.05) is 36.0 Å². The molecule has 4 nitrogen and oxygen atoms in total. The van der Waals surface area contributed by atoms with Crippen LogP contribution in [-0.2, 0) is 20.2 Å². The van der Waals surface area contributed by atoms with Crippen LogP contribution in [0.25, 0.3) is 0 Å². The molecule has 2 rings (SSSR count). The maximum Gasteiger partial charge on any atom is 0.127 e. The monoisotopic (exact) mass is 295 g/mol. The van der Waals surface area contributed by atoms with Gasteiger partial charge in [0.1, 0.15) is 5.82 Å². The van der Waals surface area contributed by atoms with Gasteiger partial charge in [-0.15, -0.1) is 0 Å². The predicted octanol–water partition coefficient (Wildman–Crippen LogP) is 2.29. The molecule has 0 aliphatic heterocycles. The molecule has 0 bridgehead atoms. The normalized spacial score (nSPS) is 10.5. The fourth-order valence-corrected chi connectivity index (χ4v) is 1.95. The first-order valence-corrected chi connectivity index (χ1v) is 6.09. The number of aliphatic hydroxyl groups excluding tert-OH is 1. The van der Waals surface area contributed by atoms with Crippen LogP contribution in [0.15, 0.2) is 35.1 Å². The molecule has 0 saturated heterocycles. The molecule has 1 heterocycles. The Hall–Kier alpha value is -1.33. The number of hydrogen-bond donors (Lipinski definition) is 2. The predicted molar refractivity (Wildman–Crippen MR) is 70.6 cm³/mol. The number of benzene rings is 1. The number of aryl methyl sites for hydroxylation is 1. The summed E-state index contributed by atoms with van der Waals surface area (Å²) in [4.78, 5) is 4.24. The van der Waals surface area contributed by atoms with Crippen molar-refractivity contribution in [3.05, 3.63) is 46.5 Å². The van der Waals surface area contributed by atoms with Crippen molar-refractivity contribution in [2.24, 2.45) is 7.05 Å². The highest BCUT2D eigenvalue weighted by molar-refractivity contribution is 9.10. The zero-order valence-electron chi connectivity index (χ0n) is 9.52. The van der Waals surface area contributed by atoms with E-state index in [1.165, 1.54) is 0 Å². The van der Waals surface area contributed by atoms with Crippen LogP contribution in [0.3, 0.4) is 0 Å². The van der Waals surface area contributed by atoms with Gasteiger partial charge in [-0.05, 0) is 12.1 Å². The Labute approximate surface area is 108 Å². The van der Waals surface area contributed by atoms with E-state index in [-0.39, 0.29) is 6.61 Å². The van der Waals surface area contributed by atoms with Gasteiger partial charge in [-0.3, -0.25) is 0 Å². The molecule has 2 aromatic rings. The van der Waals surface area contributed by atoms with E-state index in [0.29, 0.717) is 6.54 Å². The largest absolute Gasteiger partial charge is 0.392 e. The molecule has 0 aliphatic rings. The average molecular weight is 296 g/mol. The first-order chi connectivity index (χ1) is 8.20. The molecule has 0 atom stereocenters. The van der Waals surface area contributed by atoms with Crippen molar-refractivity contribution in [1.29, 1.82) is 0 Å². The maximum atomic E-state index is 9.24. The fourth-order valence-electron chi connectivity index (χ4n) is 1.59. The standard InChI is InChI=1S/C12H14BrN3O/c1-16-5-4-14-12(16)7-15-11-6-10(13)3-2-9(11)8-17/h2-6,15,17H,7-8H2,1H3. The summed E-state index contributed by atoms with van der Waals surface area (Å²) in [6.07, 6.45) is 3.68. The van der Waals surface area contributed by atoms with Gasteiger partial charge in [-0.1, -0.05) is 22.0 Å². The highest BCUT2D eigenvalue weighted by Crippen LogP contribution is 2.21. The van der Waals surface area contributed by atoms with Crippen LogP contribution in [-0.4, -0.2) is 14.7 Å². The van der Waals surface area contributed by atoms with Crippen molar-refractivity contribution in [2.45, 2.75) is 13.2 Å². The Balaban J connectivity index is 2.13. The van der Waals surface area contributed by atoms with Gasteiger partial charge in [0.15, 0.2) is 0 Å². The van der Waals surface area contributed by atoms with Gasteiger partial charge < -0.3 is 15.0 Å². The lowest BCUT2D eigenvalue weighted by Gasteiger charge is -2.11. The number of imidazole rings is 1. The Bertz CT molecular complexity index is 510. The Morgan fingerprint density at radius 1 is 1.47 bits per heavy atom. The molecule has 0 spiro atoms. The molecule has 0 unspecified atom stereocenters. The highest BCUT2D eigenvalue weighted by atomic mass is 79.9. The Morgan fingerprint density at radius 3 is 2.94 bits per heavy atom. The maximum absolute atomic E-state index is 9.24. The fraction of sp³-hybridized carbons (Fsp3) is 0.250. The third-order valence-electron chi connectivity index (χ3n) is 2.60. The summed E-state index contributed by atoms with van der Waals surface area (Å²) in [6.45, 7) is 0.656. The number of nitrogens with one attached hydrogen (secondary N) is 1. The zero-order chi connectivity index (χ0) is 12.3. The minimum Gasteiger partial charge on any atom is -0.392 e. The summed E-state index contributed by atoms with van der Waals surface area (Å²) in [5.41, 5.74) is 1.80. The molecule has 2 N–H and O–H groups in total. The first-order valence-electron chi connectivity index (χ1n) is 5.30. The second-order valence-corrected chi connectivity index (χ2v) is 4.68. The smallest absolute Gasteiger partial charge is 0.127 e. The minimum absolute atomic E-state index is 0.0240. The molecule has 0 saturated carbocycles. The van der Waals surface area contributed by atoms with Crippen molar-refractivity contribution in [1.82, 2.24) is 9.55 Å². The highest BCUT2D eigenvalue weighted by Gasteiger charge is 2.04. The first kappa shape index (κ1) is 12.1.